The predicted octanol–water partition coefficient (Wildman–Crippen LogP) is 0.0531. The second kappa shape index (κ2) is 4.39. The smallest absolute Gasteiger partial charge is 0.211 e. The van der Waals surface area contributed by atoms with E-state index in [4.69, 9.17) is 5.73 Å². The molecule has 0 saturated heterocycles. The molecular formula is C8H18N2O2S. The van der Waals surface area contributed by atoms with Gasteiger partial charge in [0.15, 0.2) is 0 Å². The van der Waals surface area contributed by atoms with Gasteiger partial charge >= 0.3 is 0 Å². The third kappa shape index (κ3) is 4.06. The molecule has 2 unspecified atom stereocenters. The molecule has 3 N–H and O–H groups in total. The van der Waals surface area contributed by atoms with E-state index < -0.39 is 10.0 Å². The normalized spacial score (nSPS) is 27.5. The second-order valence-corrected chi connectivity index (χ2v) is 5.63. The lowest BCUT2D eigenvalue weighted by molar-refractivity contribution is 0.574. The van der Waals surface area contributed by atoms with Crippen LogP contribution in [-0.2, 0) is 10.0 Å². The van der Waals surface area contributed by atoms with E-state index in [1.807, 2.05) is 6.92 Å². The Kier molecular flexibility index (Phi) is 3.70. The molecule has 0 heterocycles. The molecule has 1 fully saturated rings. The topological polar surface area (TPSA) is 72.2 Å². The van der Waals surface area contributed by atoms with E-state index in [0.29, 0.717) is 18.9 Å². The van der Waals surface area contributed by atoms with E-state index in [9.17, 15) is 8.42 Å². The maximum atomic E-state index is 11.3. The molecule has 0 amide bonds. The highest BCUT2D eigenvalue weighted by molar-refractivity contribution is 7.89. The summed E-state index contributed by atoms with van der Waals surface area (Å²) in [4.78, 5) is 0. The number of hydrogen-bond donors (Lipinski definition) is 2. The molecule has 1 aliphatic carbocycles. The van der Waals surface area contributed by atoms with Gasteiger partial charge in [-0.1, -0.05) is 6.92 Å². The molecule has 1 rings (SSSR count). The van der Waals surface area contributed by atoms with Gasteiger partial charge in [-0.25, -0.2) is 13.1 Å². The Morgan fingerprint density at radius 3 is 2.54 bits per heavy atom. The van der Waals surface area contributed by atoms with E-state index >= 15 is 0 Å². The van der Waals surface area contributed by atoms with Gasteiger partial charge in [0.25, 0.3) is 0 Å². The molecule has 0 spiro atoms. The first kappa shape index (κ1) is 10.9. The largest absolute Gasteiger partial charge is 0.330 e. The fourth-order valence-corrected chi connectivity index (χ4v) is 2.70. The summed E-state index contributed by atoms with van der Waals surface area (Å²) >= 11 is 0. The number of sulfonamides is 1. The third-order valence-electron chi connectivity index (χ3n) is 2.31. The average Bonchev–Trinajstić information content (AvgIpc) is 2.65. The summed E-state index contributed by atoms with van der Waals surface area (Å²) in [5.41, 5.74) is 5.28. The molecular weight excluding hydrogens is 188 g/mol. The van der Waals surface area contributed by atoms with Gasteiger partial charge in [0.1, 0.15) is 0 Å². The zero-order chi connectivity index (χ0) is 9.90. The SMILES string of the molecule is CC1CC1NS(=O)(=O)CCCCN. The summed E-state index contributed by atoms with van der Waals surface area (Å²) in [6.07, 6.45) is 2.42. The summed E-state index contributed by atoms with van der Waals surface area (Å²) in [5, 5.41) is 0. The fraction of sp³-hybridized carbons (Fsp3) is 1.00. The monoisotopic (exact) mass is 206 g/mol. The molecule has 0 radical (unpaired) electrons. The van der Waals surface area contributed by atoms with Crippen molar-refractivity contribution in [3.63, 3.8) is 0 Å². The Bertz CT molecular complexity index is 251. The van der Waals surface area contributed by atoms with Gasteiger partial charge < -0.3 is 5.73 Å². The van der Waals surface area contributed by atoms with Crippen LogP contribution in [0, 0.1) is 5.92 Å². The molecule has 5 heteroatoms. The van der Waals surface area contributed by atoms with Crippen molar-refractivity contribution in [1.82, 2.24) is 4.72 Å². The van der Waals surface area contributed by atoms with Crippen LogP contribution in [0.4, 0.5) is 0 Å². The van der Waals surface area contributed by atoms with Crippen LogP contribution in [0.15, 0.2) is 0 Å². The van der Waals surface area contributed by atoms with Gasteiger partial charge in [-0.15, -0.1) is 0 Å². The standard InChI is InChI=1S/C8H18N2O2S/c1-7-6-8(7)10-13(11,12)5-3-2-4-9/h7-8,10H,2-6,9H2,1H3. The summed E-state index contributed by atoms with van der Waals surface area (Å²) in [5.74, 6) is 0.734. The number of nitrogens with two attached hydrogens (primary N) is 1. The van der Waals surface area contributed by atoms with Gasteiger partial charge in [-0.3, -0.25) is 0 Å². The van der Waals surface area contributed by atoms with Crippen molar-refractivity contribution >= 4 is 10.0 Å². The molecule has 0 bridgehead atoms. The maximum Gasteiger partial charge on any atom is 0.211 e. The van der Waals surface area contributed by atoms with Gasteiger partial charge in [-0.2, -0.15) is 0 Å². The van der Waals surface area contributed by atoms with E-state index in [2.05, 4.69) is 4.72 Å². The highest BCUT2D eigenvalue weighted by Gasteiger charge is 2.35. The first-order valence-corrected chi connectivity index (χ1v) is 6.40. The zero-order valence-corrected chi connectivity index (χ0v) is 8.81. The quantitative estimate of drug-likeness (QED) is 0.603. The van der Waals surface area contributed by atoms with Crippen molar-refractivity contribution in [2.45, 2.75) is 32.2 Å². The Hall–Kier alpha value is -0.130. The maximum absolute atomic E-state index is 11.3. The molecule has 0 aromatic rings. The number of unbranched alkanes of at least 4 members (excludes halogenated alkanes) is 1. The molecule has 0 aliphatic heterocycles. The van der Waals surface area contributed by atoms with Crippen molar-refractivity contribution in [3.8, 4) is 0 Å². The van der Waals surface area contributed by atoms with E-state index in [-0.39, 0.29) is 11.8 Å². The van der Waals surface area contributed by atoms with Crippen molar-refractivity contribution in [3.05, 3.63) is 0 Å². The van der Waals surface area contributed by atoms with Crippen LogP contribution in [0.1, 0.15) is 26.2 Å². The van der Waals surface area contributed by atoms with E-state index in [0.717, 1.165) is 12.8 Å². The van der Waals surface area contributed by atoms with Crippen LogP contribution >= 0.6 is 0 Å². The second-order valence-electron chi connectivity index (χ2n) is 3.75. The van der Waals surface area contributed by atoms with Crippen LogP contribution in [0.2, 0.25) is 0 Å². The third-order valence-corrected chi connectivity index (χ3v) is 3.80. The fourth-order valence-electron chi connectivity index (χ4n) is 1.21. The van der Waals surface area contributed by atoms with Crippen LogP contribution in [0.3, 0.4) is 0 Å². The molecule has 2 atom stereocenters. The first-order valence-electron chi connectivity index (χ1n) is 4.75. The predicted molar refractivity (Wildman–Crippen MR) is 52.8 cm³/mol. The van der Waals surface area contributed by atoms with Crippen molar-refractivity contribution in [1.29, 1.82) is 0 Å². The van der Waals surface area contributed by atoms with Crippen LogP contribution in [0.25, 0.3) is 0 Å². The first-order chi connectivity index (χ1) is 6.05. The van der Waals surface area contributed by atoms with Gasteiger partial charge in [0.05, 0.1) is 5.75 Å². The van der Waals surface area contributed by atoms with Crippen LogP contribution in [0.5, 0.6) is 0 Å². The molecule has 1 aliphatic rings. The minimum absolute atomic E-state index is 0.197. The van der Waals surface area contributed by atoms with Crippen LogP contribution in [-0.4, -0.2) is 26.8 Å². The summed E-state index contributed by atoms with van der Waals surface area (Å²) < 4.78 is 25.4. The van der Waals surface area contributed by atoms with Crippen molar-refractivity contribution in [2.24, 2.45) is 11.7 Å². The Labute approximate surface area is 79.9 Å². The van der Waals surface area contributed by atoms with Gasteiger partial charge in [0.2, 0.25) is 10.0 Å². The Morgan fingerprint density at radius 1 is 1.46 bits per heavy atom. The molecule has 0 aromatic heterocycles. The highest BCUT2D eigenvalue weighted by Crippen LogP contribution is 2.29. The Balaban J connectivity index is 2.21. The van der Waals surface area contributed by atoms with Crippen molar-refractivity contribution < 1.29 is 8.42 Å². The minimum Gasteiger partial charge on any atom is -0.330 e. The van der Waals surface area contributed by atoms with Gasteiger partial charge in [0, 0.05) is 6.04 Å². The van der Waals surface area contributed by atoms with Crippen LogP contribution < -0.4 is 10.5 Å². The Morgan fingerprint density at radius 2 is 2.08 bits per heavy atom. The lowest BCUT2D eigenvalue weighted by atomic mass is 10.3. The average molecular weight is 206 g/mol. The number of rotatable bonds is 6. The molecule has 4 nitrogen and oxygen atoms in total. The lowest BCUT2D eigenvalue weighted by Gasteiger charge is -2.04. The summed E-state index contributed by atoms with van der Waals surface area (Å²) in [6.45, 7) is 2.61. The molecule has 78 valence electrons. The molecule has 1 saturated carbocycles. The summed E-state index contributed by atoms with van der Waals surface area (Å²) in [6, 6.07) is 0.197. The van der Waals surface area contributed by atoms with E-state index in [1.54, 1.807) is 0 Å². The zero-order valence-electron chi connectivity index (χ0n) is 7.99. The highest BCUT2D eigenvalue weighted by atomic mass is 32.2. The minimum atomic E-state index is -3.03. The summed E-state index contributed by atoms with van der Waals surface area (Å²) in [7, 11) is -3.03. The van der Waals surface area contributed by atoms with Crippen molar-refractivity contribution in [2.75, 3.05) is 12.3 Å². The number of hydrogen-bond acceptors (Lipinski definition) is 3. The van der Waals surface area contributed by atoms with E-state index in [1.165, 1.54) is 0 Å². The lowest BCUT2D eigenvalue weighted by Crippen LogP contribution is -2.29. The molecule has 13 heavy (non-hydrogen) atoms. The van der Waals surface area contributed by atoms with Gasteiger partial charge in [-0.05, 0) is 31.7 Å². The number of nitrogens with one attached hydrogen (secondary N) is 1. The molecule has 0 aromatic carbocycles.